The zero-order valence-electron chi connectivity index (χ0n) is 11.9. The topological polar surface area (TPSA) is 33.3 Å². The van der Waals surface area contributed by atoms with E-state index in [1.165, 1.54) is 42.5 Å². The molecule has 0 amide bonds. The number of thiocarbonyl (C=S) groups is 1. The number of hydrogen-bond donors (Lipinski definition) is 2. The molecule has 2 rings (SSSR count). The number of alkyl halides is 5. The summed E-state index contributed by atoms with van der Waals surface area (Å²) < 4.78 is 67.0. The van der Waals surface area contributed by atoms with Crippen LogP contribution in [0.15, 0.2) is 48.5 Å². The lowest BCUT2D eigenvalue weighted by molar-refractivity contribution is -0.136. The molecule has 3 nitrogen and oxygen atoms in total. The molecule has 9 heteroatoms. The monoisotopic (exact) mass is 362 g/mol. The third-order valence-corrected chi connectivity index (χ3v) is 3.02. The standard InChI is InChI=1S/C15H11F5N2OS/c16-13(17)23-10-7-5-9(6-8-10)21-14(24)22-12-4-2-1-3-11(12)15(18,19)20/h1-8,13H,(H2,21,22,24). The van der Waals surface area contributed by atoms with Gasteiger partial charge in [0.2, 0.25) is 0 Å². The molecule has 2 N–H and O–H groups in total. The Hall–Kier alpha value is -2.42. The van der Waals surface area contributed by atoms with Crippen molar-refractivity contribution in [2.24, 2.45) is 0 Å². The third kappa shape index (κ3) is 5.05. The summed E-state index contributed by atoms with van der Waals surface area (Å²) in [6.07, 6.45) is -4.52. The Morgan fingerprint density at radius 1 is 0.958 bits per heavy atom. The maximum Gasteiger partial charge on any atom is 0.418 e. The van der Waals surface area contributed by atoms with Crippen LogP contribution >= 0.6 is 12.2 Å². The molecular formula is C15H11F5N2OS. The van der Waals surface area contributed by atoms with Crippen molar-refractivity contribution in [1.29, 1.82) is 0 Å². The lowest BCUT2D eigenvalue weighted by Crippen LogP contribution is -2.21. The van der Waals surface area contributed by atoms with Gasteiger partial charge in [0.15, 0.2) is 5.11 Å². The number of benzene rings is 2. The van der Waals surface area contributed by atoms with Gasteiger partial charge >= 0.3 is 12.8 Å². The number of rotatable bonds is 4. The van der Waals surface area contributed by atoms with Crippen LogP contribution in [0, 0.1) is 0 Å². The lowest BCUT2D eigenvalue weighted by atomic mass is 10.1. The van der Waals surface area contributed by atoms with Crippen molar-refractivity contribution >= 4 is 28.7 Å². The van der Waals surface area contributed by atoms with Crippen molar-refractivity contribution < 1.29 is 26.7 Å². The van der Waals surface area contributed by atoms with Crippen LogP contribution in [0.1, 0.15) is 5.56 Å². The fourth-order valence-electron chi connectivity index (χ4n) is 1.84. The smallest absolute Gasteiger partial charge is 0.418 e. The SMILES string of the molecule is FC(F)Oc1ccc(NC(=S)Nc2ccccc2C(F)(F)F)cc1. The molecule has 0 aliphatic heterocycles. The molecular weight excluding hydrogens is 351 g/mol. The highest BCUT2D eigenvalue weighted by molar-refractivity contribution is 7.80. The molecule has 0 aromatic heterocycles. The zero-order chi connectivity index (χ0) is 17.7. The molecule has 128 valence electrons. The predicted molar refractivity (Wildman–Crippen MR) is 84.4 cm³/mol. The first-order valence-electron chi connectivity index (χ1n) is 6.55. The molecule has 0 fully saturated rings. The van der Waals surface area contributed by atoms with Gasteiger partial charge in [-0.05, 0) is 48.6 Å². The highest BCUT2D eigenvalue weighted by atomic mass is 32.1. The average Bonchev–Trinajstić information content (AvgIpc) is 2.48. The van der Waals surface area contributed by atoms with Crippen molar-refractivity contribution in [2.45, 2.75) is 12.8 Å². The fraction of sp³-hybridized carbons (Fsp3) is 0.133. The number of anilines is 2. The molecule has 0 radical (unpaired) electrons. The van der Waals surface area contributed by atoms with Gasteiger partial charge in [-0.1, -0.05) is 12.1 Å². The summed E-state index contributed by atoms with van der Waals surface area (Å²) in [5.74, 6) is -0.0446. The lowest BCUT2D eigenvalue weighted by Gasteiger charge is -2.16. The van der Waals surface area contributed by atoms with Gasteiger partial charge in [-0.3, -0.25) is 0 Å². The van der Waals surface area contributed by atoms with Crippen LogP contribution in [-0.2, 0) is 6.18 Å². The first kappa shape index (κ1) is 17.9. The second-order valence-corrected chi connectivity index (χ2v) is 4.93. The van der Waals surface area contributed by atoms with Gasteiger partial charge in [0.1, 0.15) is 5.75 Å². The van der Waals surface area contributed by atoms with Gasteiger partial charge in [0.05, 0.1) is 11.3 Å². The Balaban J connectivity index is 2.04. The minimum Gasteiger partial charge on any atom is -0.435 e. The van der Waals surface area contributed by atoms with Gasteiger partial charge in [-0.15, -0.1) is 0 Å². The van der Waals surface area contributed by atoms with E-state index in [0.29, 0.717) is 5.69 Å². The minimum absolute atomic E-state index is 0.0446. The molecule has 0 saturated heterocycles. The average molecular weight is 362 g/mol. The zero-order valence-corrected chi connectivity index (χ0v) is 12.7. The Kier molecular flexibility index (Phi) is 5.55. The van der Waals surface area contributed by atoms with E-state index in [-0.39, 0.29) is 16.5 Å². The van der Waals surface area contributed by atoms with Crippen LogP contribution in [0.25, 0.3) is 0 Å². The predicted octanol–water partition coefficient (Wildman–Crippen LogP) is 5.12. The van der Waals surface area contributed by atoms with Crippen molar-refractivity contribution in [3.8, 4) is 5.75 Å². The molecule has 0 spiro atoms. The number of nitrogens with one attached hydrogen (secondary N) is 2. The highest BCUT2D eigenvalue weighted by Crippen LogP contribution is 2.34. The van der Waals surface area contributed by atoms with Crippen molar-refractivity contribution in [1.82, 2.24) is 0 Å². The van der Waals surface area contributed by atoms with Gasteiger partial charge in [0.25, 0.3) is 0 Å². The summed E-state index contributed by atoms with van der Waals surface area (Å²) in [6.45, 7) is -2.94. The molecule has 2 aromatic rings. The van der Waals surface area contributed by atoms with Crippen LogP contribution in [0.3, 0.4) is 0 Å². The van der Waals surface area contributed by atoms with E-state index in [1.807, 2.05) is 0 Å². The molecule has 0 aliphatic carbocycles. The second kappa shape index (κ2) is 7.43. The molecule has 24 heavy (non-hydrogen) atoms. The number of hydrogen-bond acceptors (Lipinski definition) is 2. The van der Waals surface area contributed by atoms with E-state index in [9.17, 15) is 22.0 Å². The summed E-state index contributed by atoms with van der Waals surface area (Å²) in [6, 6.07) is 10.3. The maximum absolute atomic E-state index is 12.9. The summed E-state index contributed by atoms with van der Waals surface area (Å²) >= 11 is 4.96. The van der Waals surface area contributed by atoms with Gasteiger partial charge in [-0.25, -0.2) is 0 Å². The van der Waals surface area contributed by atoms with Gasteiger partial charge in [-0.2, -0.15) is 22.0 Å². The first-order valence-corrected chi connectivity index (χ1v) is 6.95. The molecule has 0 heterocycles. The second-order valence-electron chi connectivity index (χ2n) is 4.53. The number of ether oxygens (including phenoxy) is 1. The van der Waals surface area contributed by atoms with Crippen molar-refractivity contribution in [2.75, 3.05) is 10.6 Å². The van der Waals surface area contributed by atoms with E-state index in [0.717, 1.165) is 6.07 Å². The van der Waals surface area contributed by atoms with E-state index in [4.69, 9.17) is 12.2 Å². The van der Waals surface area contributed by atoms with E-state index < -0.39 is 18.4 Å². The van der Waals surface area contributed by atoms with Gasteiger partial charge < -0.3 is 15.4 Å². The highest BCUT2D eigenvalue weighted by Gasteiger charge is 2.33. The number of halogens is 5. The van der Waals surface area contributed by atoms with E-state index in [2.05, 4.69) is 15.4 Å². The molecule has 0 bridgehead atoms. The summed E-state index contributed by atoms with van der Waals surface area (Å²) in [5, 5.41) is 5.05. The van der Waals surface area contributed by atoms with Crippen LogP contribution in [-0.4, -0.2) is 11.7 Å². The Morgan fingerprint density at radius 3 is 2.17 bits per heavy atom. The third-order valence-electron chi connectivity index (χ3n) is 2.82. The largest absolute Gasteiger partial charge is 0.435 e. The van der Waals surface area contributed by atoms with Crippen LogP contribution < -0.4 is 15.4 Å². The Morgan fingerprint density at radius 2 is 1.58 bits per heavy atom. The van der Waals surface area contributed by atoms with E-state index in [1.54, 1.807) is 0 Å². The van der Waals surface area contributed by atoms with Crippen LogP contribution in [0.5, 0.6) is 5.75 Å². The summed E-state index contributed by atoms with van der Waals surface area (Å²) in [5.41, 5.74) is -0.645. The Bertz CT molecular complexity index is 704. The van der Waals surface area contributed by atoms with Crippen molar-refractivity contribution in [3.05, 3.63) is 54.1 Å². The molecule has 2 aromatic carbocycles. The summed E-state index contributed by atoms with van der Waals surface area (Å²) in [4.78, 5) is 0. The first-order chi connectivity index (χ1) is 11.3. The molecule has 0 unspecified atom stereocenters. The fourth-order valence-corrected chi connectivity index (χ4v) is 2.07. The minimum atomic E-state index is -4.52. The molecule has 0 saturated carbocycles. The van der Waals surface area contributed by atoms with Crippen molar-refractivity contribution in [3.63, 3.8) is 0 Å². The maximum atomic E-state index is 12.9. The molecule has 0 aliphatic rings. The Labute approximate surface area is 139 Å². The summed E-state index contributed by atoms with van der Waals surface area (Å²) in [7, 11) is 0. The molecule has 0 atom stereocenters. The van der Waals surface area contributed by atoms with Crippen LogP contribution in [0.2, 0.25) is 0 Å². The van der Waals surface area contributed by atoms with E-state index >= 15 is 0 Å². The quantitative estimate of drug-likeness (QED) is 0.585. The normalized spacial score (nSPS) is 11.2. The van der Waals surface area contributed by atoms with Crippen LogP contribution in [0.4, 0.5) is 33.3 Å². The number of para-hydroxylation sites is 1. The van der Waals surface area contributed by atoms with Gasteiger partial charge in [0, 0.05) is 5.69 Å².